The van der Waals surface area contributed by atoms with Gasteiger partial charge in [-0.25, -0.2) is 0 Å². The van der Waals surface area contributed by atoms with Crippen molar-refractivity contribution in [2.24, 2.45) is 5.41 Å². The van der Waals surface area contributed by atoms with Crippen LogP contribution in [0.5, 0.6) is 0 Å². The first kappa shape index (κ1) is 18.5. The van der Waals surface area contributed by atoms with Gasteiger partial charge in [-0.1, -0.05) is 32.0 Å². The number of pyridine rings is 1. The smallest absolute Gasteiger partial charge is 0.269 e. The molecule has 2 heterocycles. The van der Waals surface area contributed by atoms with E-state index in [0.717, 1.165) is 45.3 Å². The lowest BCUT2D eigenvalue weighted by molar-refractivity contribution is -0.384. The molecule has 6 heteroatoms. The summed E-state index contributed by atoms with van der Waals surface area (Å²) in [6, 6.07) is 14.0. The molecule has 5 rings (SSSR count). The third-order valence-corrected chi connectivity index (χ3v) is 6.01. The van der Waals surface area contributed by atoms with Gasteiger partial charge in [0, 0.05) is 47.0 Å². The van der Waals surface area contributed by atoms with Crippen LogP contribution in [0.15, 0.2) is 60.3 Å². The van der Waals surface area contributed by atoms with E-state index in [1.807, 2.05) is 30.3 Å². The number of non-ortho nitro benzene ring substituents is 1. The van der Waals surface area contributed by atoms with Crippen LogP contribution in [-0.2, 0) is 4.79 Å². The summed E-state index contributed by atoms with van der Waals surface area (Å²) in [5.74, 6) is 0.0943. The molecule has 2 aliphatic rings. The van der Waals surface area contributed by atoms with E-state index in [0.29, 0.717) is 6.42 Å². The molecule has 1 aromatic heterocycles. The van der Waals surface area contributed by atoms with Gasteiger partial charge >= 0.3 is 0 Å². The molecule has 0 fully saturated rings. The number of nitrogens with zero attached hydrogens (tertiary/aromatic N) is 2. The van der Waals surface area contributed by atoms with Crippen molar-refractivity contribution in [1.82, 2.24) is 4.98 Å². The molecule has 1 aliphatic carbocycles. The number of benzene rings is 2. The molecule has 2 aromatic carbocycles. The van der Waals surface area contributed by atoms with Gasteiger partial charge in [0.25, 0.3) is 5.69 Å². The second-order valence-electron chi connectivity index (χ2n) is 8.82. The summed E-state index contributed by atoms with van der Waals surface area (Å²) in [6.07, 6.45) is 2.99. The normalized spacial score (nSPS) is 19.8. The minimum absolute atomic E-state index is 0.0218. The van der Waals surface area contributed by atoms with Crippen LogP contribution in [-0.4, -0.2) is 15.7 Å². The lowest BCUT2D eigenvalue weighted by Gasteiger charge is -2.40. The molecule has 150 valence electrons. The van der Waals surface area contributed by atoms with Gasteiger partial charge in [0.2, 0.25) is 0 Å². The molecular formula is C24H21N3O3. The van der Waals surface area contributed by atoms with Crippen LogP contribution < -0.4 is 5.32 Å². The number of nitro groups is 1. The van der Waals surface area contributed by atoms with Gasteiger partial charge in [0.05, 0.1) is 16.5 Å². The van der Waals surface area contributed by atoms with Crippen molar-refractivity contribution < 1.29 is 9.72 Å². The molecule has 1 aliphatic heterocycles. The zero-order chi connectivity index (χ0) is 21.0. The summed E-state index contributed by atoms with van der Waals surface area (Å²) in [7, 11) is 0. The highest BCUT2D eigenvalue weighted by molar-refractivity contribution is 6.12. The molecule has 6 nitrogen and oxygen atoms in total. The number of fused-ring (bicyclic) bond motifs is 4. The van der Waals surface area contributed by atoms with Gasteiger partial charge in [0.1, 0.15) is 0 Å². The Labute approximate surface area is 173 Å². The maximum Gasteiger partial charge on any atom is 0.269 e. The summed E-state index contributed by atoms with van der Waals surface area (Å²) >= 11 is 0. The zero-order valence-corrected chi connectivity index (χ0v) is 16.8. The molecule has 0 amide bonds. The fourth-order valence-corrected chi connectivity index (χ4v) is 4.79. The minimum Gasteiger partial charge on any atom is -0.373 e. The topological polar surface area (TPSA) is 85.1 Å². The van der Waals surface area contributed by atoms with Gasteiger partial charge in [-0.15, -0.1) is 0 Å². The van der Waals surface area contributed by atoms with Crippen LogP contribution >= 0.6 is 0 Å². The van der Waals surface area contributed by atoms with Gasteiger partial charge in [-0.05, 0) is 41.2 Å². The molecule has 0 unspecified atom stereocenters. The molecule has 30 heavy (non-hydrogen) atoms. The SMILES string of the molecule is CC1(C)CC(=O)C2=C(C1)c1c(ccc3ncccc13)N[C@@H]2c1cccc([N+](=O)[O-])c1. The first-order valence-corrected chi connectivity index (χ1v) is 9.99. The Bertz CT molecular complexity index is 1260. The molecule has 3 aromatic rings. The third-order valence-electron chi connectivity index (χ3n) is 6.01. The van der Waals surface area contributed by atoms with E-state index in [4.69, 9.17) is 0 Å². The first-order valence-electron chi connectivity index (χ1n) is 9.99. The predicted molar refractivity (Wildman–Crippen MR) is 116 cm³/mol. The maximum absolute atomic E-state index is 13.3. The lowest BCUT2D eigenvalue weighted by Crippen LogP contribution is -2.33. The molecule has 1 N–H and O–H groups in total. The number of carbonyl (C=O) groups excluding carboxylic acids is 1. The molecule has 0 spiro atoms. The first-order chi connectivity index (χ1) is 14.3. The maximum atomic E-state index is 13.3. The predicted octanol–water partition coefficient (Wildman–Crippen LogP) is 5.45. The van der Waals surface area contributed by atoms with E-state index >= 15 is 0 Å². The third kappa shape index (κ3) is 2.87. The second kappa shape index (κ2) is 6.49. The van der Waals surface area contributed by atoms with Crippen molar-refractivity contribution >= 4 is 33.6 Å². The Kier molecular flexibility index (Phi) is 4.00. The molecule has 1 atom stereocenters. The van der Waals surface area contributed by atoms with E-state index < -0.39 is 11.0 Å². The molecule has 0 saturated carbocycles. The van der Waals surface area contributed by atoms with Crippen LogP contribution in [0, 0.1) is 15.5 Å². The van der Waals surface area contributed by atoms with E-state index in [9.17, 15) is 14.9 Å². The molecule has 0 bridgehead atoms. The fourth-order valence-electron chi connectivity index (χ4n) is 4.79. The quantitative estimate of drug-likeness (QED) is 0.457. The average molecular weight is 399 g/mol. The van der Waals surface area contributed by atoms with Crippen LogP contribution in [0.4, 0.5) is 11.4 Å². The highest BCUT2D eigenvalue weighted by atomic mass is 16.6. The number of rotatable bonds is 2. The standard InChI is InChI=1S/C24H21N3O3/c1-24(2)12-17-21-16-7-4-10-25-18(16)8-9-19(21)26-23(22(17)20(28)13-24)14-5-3-6-15(11-14)27(29)30/h3-11,23,26H,12-13H2,1-2H3/t23-/m1/s1. The van der Waals surface area contributed by atoms with Gasteiger partial charge in [-0.3, -0.25) is 19.9 Å². The Hall–Kier alpha value is -3.54. The van der Waals surface area contributed by atoms with Gasteiger partial charge in [-0.2, -0.15) is 0 Å². The number of anilines is 1. The van der Waals surface area contributed by atoms with E-state index in [1.54, 1.807) is 18.3 Å². The van der Waals surface area contributed by atoms with Crippen molar-refractivity contribution in [3.8, 4) is 0 Å². The van der Waals surface area contributed by atoms with E-state index in [-0.39, 0.29) is 16.9 Å². The van der Waals surface area contributed by atoms with Crippen molar-refractivity contribution in [2.75, 3.05) is 5.32 Å². The molecular weight excluding hydrogens is 378 g/mol. The highest BCUT2D eigenvalue weighted by Crippen LogP contribution is 2.51. The number of allylic oxidation sites excluding steroid dienone is 1. The van der Waals surface area contributed by atoms with Crippen LogP contribution in [0.2, 0.25) is 0 Å². The van der Waals surface area contributed by atoms with Crippen molar-refractivity contribution in [2.45, 2.75) is 32.7 Å². The lowest BCUT2D eigenvalue weighted by atomic mass is 9.68. The van der Waals surface area contributed by atoms with Crippen molar-refractivity contribution in [3.05, 3.63) is 81.5 Å². The minimum atomic E-state index is -0.412. The Morgan fingerprint density at radius 3 is 2.77 bits per heavy atom. The van der Waals surface area contributed by atoms with Crippen molar-refractivity contribution in [3.63, 3.8) is 0 Å². The molecule has 0 saturated heterocycles. The van der Waals surface area contributed by atoms with Gasteiger partial charge < -0.3 is 5.32 Å². The highest BCUT2D eigenvalue weighted by Gasteiger charge is 2.41. The number of nitro benzene ring substituents is 1. The van der Waals surface area contributed by atoms with Gasteiger partial charge in [0.15, 0.2) is 5.78 Å². The average Bonchev–Trinajstić information content (AvgIpc) is 2.71. The summed E-state index contributed by atoms with van der Waals surface area (Å²) < 4.78 is 0. The second-order valence-corrected chi connectivity index (χ2v) is 8.82. The van der Waals surface area contributed by atoms with Crippen LogP contribution in [0.1, 0.15) is 43.9 Å². The number of ketones is 1. The van der Waals surface area contributed by atoms with E-state index in [1.165, 1.54) is 6.07 Å². The Morgan fingerprint density at radius 1 is 1.13 bits per heavy atom. The number of carbonyl (C=O) groups is 1. The number of hydrogen-bond acceptors (Lipinski definition) is 5. The monoisotopic (exact) mass is 399 g/mol. The number of Topliss-reactive ketones (excluding diaryl/α,β-unsaturated/α-hetero) is 1. The number of hydrogen-bond donors (Lipinski definition) is 1. The Balaban J connectivity index is 1.78. The van der Waals surface area contributed by atoms with Crippen LogP contribution in [0.3, 0.4) is 0 Å². The fraction of sp³-hybridized carbons (Fsp3) is 0.250. The van der Waals surface area contributed by atoms with Crippen molar-refractivity contribution in [1.29, 1.82) is 0 Å². The largest absolute Gasteiger partial charge is 0.373 e. The summed E-state index contributed by atoms with van der Waals surface area (Å²) in [6.45, 7) is 4.23. The Morgan fingerprint density at radius 2 is 1.97 bits per heavy atom. The number of aromatic nitrogens is 1. The summed E-state index contributed by atoms with van der Waals surface area (Å²) in [4.78, 5) is 28.7. The van der Waals surface area contributed by atoms with Crippen LogP contribution in [0.25, 0.3) is 16.5 Å². The zero-order valence-electron chi connectivity index (χ0n) is 16.8. The van der Waals surface area contributed by atoms with E-state index in [2.05, 4.69) is 24.1 Å². The summed E-state index contributed by atoms with van der Waals surface area (Å²) in [5, 5.41) is 15.8. The number of nitrogens with one attached hydrogen (secondary N) is 1. The molecule has 0 radical (unpaired) electrons. The summed E-state index contributed by atoms with van der Waals surface area (Å²) in [5.41, 5.74) is 5.18.